The van der Waals surface area contributed by atoms with Crippen molar-refractivity contribution in [2.24, 2.45) is 11.8 Å². The summed E-state index contributed by atoms with van der Waals surface area (Å²) in [7, 11) is 0. The van der Waals surface area contributed by atoms with Crippen molar-refractivity contribution >= 4 is 5.69 Å². The summed E-state index contributed by atoms with van der Waals surface area (Å²) in [5, 5.41) is 13.0. The van der Waals surface area contributed by atoms with E-state index in [-0.39, 0.29) is 0 Å². The lowest BCUT2D eigenvalue weighted by Crippen LogP contribution is -2.35. The zero-order valence-electron chi connectivity index (χ0n) is 13.0. The van der Waals surface area contributed by atoms with Crippen LogP contribution in [0.5, 0.6) is 0 Å². The van der Waals surface area contributed by atoms with E-state index < -0.39 is 0 Å². The Morgan fingerprint density at radius 2 is 2.00 bits per heavy atom. The molecule has 0 amide bonds. The van der Waals surface area contributed by atoms with E-state index in [4.69, 9.17) is 0 Å². The number of hydrogen-bond acceptors (Lipinski definition) is 3. The zero-order chi connectivity index (χ0) is 14.7. The minimum Gasteiger partial charge on any atom is -0.381 e. The molecule has 1 aromatic heterocycles. The SMILES string of the molecule is Cc1cc(NC2CCCCC2C(C)C)c(C#N)c(C)n1. The first-order valence-corrected chi connectivity index (χ1v) is 7.67. The Hall–Kier alpha value is -1.56. The van der Waals surface area contributed by atoms with Crippen molar-refractivity contribution in [2.75, 3.05) is 5.32 Å². The van der Waals surface area contributed by atoms with Crippen molar-refractivity contribution in [1.82, 2.24) is 4.98 Å². The van der Waals surface area contributed by atoms with E-state index in [9.17, 15) is 5.26 Å². The summed E-state index contributed by atoms with van der Waals surface area (Å²) in [5.74, 6) is 1.38. The molecule has 0 aliphatic heterocycles. The molecule has 108 valence electrons. The molecule has 0 saturated heterocycles. The first-order chi connectivity index (χ1) is 9.52. The number of nitrogens with zero attached hydrogens (tertiary/aromatic N) is 2. The Kier molecular flexibility index (Phi) is 4.65. The number of aromatic nitrogens is 1. The van der Waals surface area contributed by atoms with Crippen LogP contribution < -0.4 is 5.32 Å². The summed E-state index contributed by atoms with van der Waals surface area (Å²) < 4.78 is 0. The molecule has 20 heavy (non-hydrogen) atoms. The van der Waals surface area contributed by atoms with Crippen molar-refractivity contribution in [3.63, 3.8) is 0 Å². The average molecular weight is 271 g/mol. The normalized spacial score (nSPS) is 22.6. The monoisotopic (exact) mass is 271 g/mol. The number of nitriles is 1. The van der Waals surface area contributed by atoms with Gasteiger partial charge in [-0.2, -0.15) is 5.26 Å². The molecular formula is C17H25N3. The van der Waals surface area contributed by atoms with Gasteiger partial charge < -0.3 is 5.32 Å². The fraction of sp³-hybridized carbons (Fsp3) is 0.647. The van der Waals surface area contributed by atoms with Crippen LogP contribution in [0.3, 0.4) is 0 Å². The van der Waals surface area contributed by atoms with Crippen LogP contribution in [-0.4, -0.2) is 11.0 Å². The molecule has 3 heteroatoms. The lowest BCUT2D eigenvalue weighted by atomic mass is 9.77. The third-order valence-corrected chi connectivity index (χ3v) is 4.46. The number of anilines is 1. The summed E-state index contributed by atoms with van der Waals surface area (Å²) in [6.07, 6.45) is 5.11. The molecule has 1 aliphatic carbocycles. The number of nitrogens with one attached hydrogen (secondary N) is 1. The molecule has 1 saturated carbocycles. The third kappa shape index (κ3) is 3.12. The highest BCUT2D eigenvalue weighted by atomic mass is 14.9. The van der Waals surface area contributed by atoms with Crippen LogP contribution in [-0.2, 0) is 0 Å². The fourth-order valence-electron chi connectivity index (χ4n) is 3.42. The molecule has 1 aliphatic rings. The smallest absolute Gasteiger partial charge is 0.103 e. The van der Waals surface area contributed by atoms with Gasteiger partial charge in [0.05, 0.1) is 16.9 Å². The molecule has 2 atom stereocenters. The van der Waals surface area contributed by atoms with Gasteiger partial charge in [0.15, 0.2) is 0 Å². The predicted molar refractivity (Wildman–Crippen MR) is 82.6 cm³/mol. The highest BCUT2D eigenvalue weighted by Gasteiger charge is 2.28. The maximum Gasteiger partial charge on any atom is 0.103 e. The highest BCUT2D eigenvalue weighted by molar-refractivity contribution is 5.60. The Labute approximate surface area is 122 Å². The van der Waals surface area contributed by atoms with Crippen molar-refractivity contribution in [2.45, 2.75) is 59.4 Å². The lowest BCUT2D eigenvalue weighted by Gasteiger charge is -2.35. The molecule has 2 unspecified atom stereocenters. The number of hydrogen-bond donors (Lipinski definition) is 1. The number of pyridine rings is 1. The molecule has 1 aromatic rings. The maximum atomic E-state index is 9.36. The van der Waals surface area contributed by atoms with Gasteiger partial charge in [0.2, 0.25) is 0 Å². The van der Waals surface area contributed by atoms with Gasteiger partial charge in [-0.15, -0.1) is 0 Å². The first kappa shape index (κ1) is 14.8. The topological polar surface area (TPSA) is 48.7 Å². The van der Waals surface area contributed by atoms with Gasteiger partial charge in [-0.25, -0.2) is 0 Å². The predicted octanol–water partition coefficient (Wildman–Crippen LogP) is 4.20. The van der Waals surface area contributed by atoms with E-state index in [1.807, 2.05) is 19.9 Å². The van der Waals surface area contributed by atoms with Crippen molar-refractivity contribution in [1.29, 1.82) is 5.26 Å². The Morgan fingerprint density at radius 3 is 2.65 bits per heavy atom. The average Bonchev–Trinajstić information content (AvgIpc) is 2.38. The molecule has 3 nitrogen and oxygen atoms in total. The van der Waals surface area contributed by atoms with E-state index in [2.05, 4.69) is 30.2 Å². The van der Waals surface area contributed by atoms with Crippen LogP contribution in [0.25, 0.3) is 0 Å². The first-order valence-electron chi connectivity index (χ1n) is 7.67. The van der Waals surface area contributed by atoms with E-state index in [1.54, 1.807) is 0 Å². The molecule has 1 N–H and O–H groups in total. The van der Waals surface area contributed by atoms with Crippen LogP contribution in [0, 0.1) is 37.0 Å². The summed E-state index contributed by atoms with van der Waals surface area (Å²) in [6, 6.07) is 4.79. The summed E-state index contributed by atoms with van der Waals surface area (Å²) in [5.41, 5.74) is 3.46. The standard InChI is InChI=1S/C17H25N3/c1-11(2)14-7-5-6-8-16(14)20-17-9-12(3)19-13(4)15(17)10-18/h9,11,14,16H,5-8H2,1-4H3,(H,19,20). The summed E-state index contributed by atoms with van der Waals surface area (Å²) in [4.78, 5) is 4.39. The van der Waals surface area contributed by atoms with Crippen LogP contribution in [0.1, 0.15) is 56.5 Å². The van der Waals surface area contributed by atoms with Gasteiger partial charge in [-0.1, -0.05) is 26.7 Å². The largest absolute Gasteiger partial charge is 0.381 e. The van der Waals surface area contributed by atoms with E-state index in [0.29, 0.717) is 23.4 Å². The molecule has 1 heterocycles. The molecule has 0 bridgehead atoms. The second-order valence-corrected chi connectivity index (χ2v) is 6.33. The van der Waals surface area contributed by atoms with Gasteiger partial charge in [0.25, 0.3) is 0 Å². The van der Waals surface area contributed by atoms with Crippen LogP contribution in [0.2, 0.25) is 0 Å². The number of aryl methyl sites for hydroxylation is 2. The van der Waals surface area contributed by atoms with Gasteiger partial charge in [-0.05, 0) is 44.6 Å². The molecule has 0 spiro atoms. The highest BCUT2D eigenvalue weighted by Crippen LogP contribution is 2.33. The Morgan fingerprint density at radius 1 is 1.30 bits per heavy atom. The third-order valence-electron chi connectivity index (χ3n) is 4.46. The molecule has 0 aromatic carbocycles. The second-order valence-electron chi connectivity index (χ2n) is 6.33. The molecular weight excluding hydrogens is 246 g/mol. The number of rotatable bonds is 3. The van der Waals surface area contributed by atoms with Crippen LogP contribution >= 0.6 is 0 Å². The van der Waals surface area contributed by atoms with Gasteiger partial charge in [-0.3, -0.25) is 4.98 Å². The second kappa shape index (κ2) is 6.26. The lowest BCUT2D eigenvalue weighted by molar-refractivity contribution is 0.254. The molecule has 0 radical (unpaired) electrons. The zero-order valence-corrected chi connectivity index (χ0v) is 13.0. The minimum atomic E-state index is 0.483. The van der Waals surface area contributed by atoms with E-state index in [1.165, 1.54) is 25.7 Å². The van der Waals surface area contributed by atoms with Crippen LogP contribution in [0.4, 0.5) is 5.69 Å². The quantitative estimate of drug-likeness (QED) is 0.896. The molecule has 2 rings (SSSR count). The fourth-order valence-corrected chi connectivity index (χ4v) is 3.42. The summed E-state index contributed by atoms with van der Waals surface area (Å²) >= 11 is 0. The maximum absolute atomic E-state index is 9.36. The van der Waals surface area contributed by atoms with E-state index >= 15 is 0 Å². The minimum absolute atomic E-state index is 0.483. The summed E-state index contributed by atoms with van der Waals surface area (Å²) in [6.45, 7) is 8.51. The van der Waals surface area contributed by atoms with Gasteiger partial charge in [0.1, 0.15) is 6.07 Å². The Bertz CT molecular complexity index is 514. The van der Waals surface area contributed by atoms with Crippen molar-refractivity contribution in [3.05, 3.63) is 23.0 Å². The van der Waals surface area contributed by atoms with Crippen LogP contribution in [0.15, 0.2) is 6.07 Å². The molecule has 1 fully saturated rings. The van der Waals surface area contributed by atoms with Gasteiger partial charge >= 0.3 is 0 Å². The van der Waals surface area contributed by atoms with Gasteiger partial charge in [0, 0.05) is 11.7 Å². The van der Waals surface area contributed by atoms with E-state index in [0.717, 1.165) is 17.1 Å². The van der Waals surface area contributed by atoms with Crippen molar-refractivity contribution < 1.29 is 0 Å². The Balaban J connectivity index is 2.26. The van der Waals surface area contributed by atoms with Crippen molar-refractivity contribution in [3.8, 4) is 6.07 Å².